The summed E-state index contributed by atoms with van der Waals surface area (Å²) in [4.78, 5) is 35.4. The molecule has 112 valence electrons. The first-order valence-corrected chi connectivity index (χ1v) is 8.45. The van der Waals surface area contributed by atoms with Crippen molar-refractivity contribution in [3.8, 4) is 0 Å². The van der Waals surface area contributed by atoms with Gasteiger partial charge >= 0.3 is 15.2 Å². The van der Waals surface area contributed by atoms with Crippen LogP contribution in [0.25, 0.3) is 0 Å². The van der Waals surface area contributed by atoms with E-state index >= 15 is 0 Å². The molecule has 19 heavy (non-hydrogen) atoms. The van der Waals surface area contributed by atoms with E-state index < -0.39 is 26.3 Å². The zero-order valence-corrected chi connectivity index (χ0v) is 11.7. The van der Waals surface area contributed by atoms with Crippen LogP contribution in [0.5, 0.6) is 0 Å². The number of unbranched alkanes of at least 4 members (excludes halogenated alkanes) is 1. The topological polar surface area (TPSA) is 185 Å². The lowest BCUT2D eigenvalue weighted by Gasteiger charge is -2.26. The molecule has 0 amide bonds. The Labute approximate surface area is 110 Å². The average Bonchev–Trinajstić information content (AvgIpc) is 2.23. The summed E-state index contributed by atoms with van der Waals surface area (Å²) in [6.07, 6.45) is 3.77. The van der Waals surface area contributed by atoms with E-state index in [1.165, 1.54) is 0 Å². The van der Waals surface area contributed by atoms with Gasteiger partial charge in [-0.2, -0.15) is 0 Å². The summed E-state index contributed by atoms with van der Waals surface area (Å²) in [5.41, 5.74) is 5.53. The quantitative estimate of drug-likeness (QED) is 0.137. The van der Waals surface area contributed by atoms with Gasteiger partial charge in [-0.05, 0) is 31.6 Å². The molecule has 11 heteroatoms. The second kappa shape index (κ2) is 6.88. The number of aliphatic hydroxyl groups is 1. The fourth-order valence-corrected chi connectivity index (χ4v) is 3.09. The fourth-order valence-electron chi connectivity index (χ4n) is 1.17. The van der Waals surface area contributed by atoms with Crippen LogP contribution in [-0.2, 0) is 9.13 Å². The van der Waals surface area contributed by atoms with E-state index in [1.54, 1.807) is 0 Å². The Morgan fingerprint density at radius 2 is 1.68 bits per heavy atom. The number of hydrogen-bond donors (Lipinski definition) is 7. The molecule has 1 unspecified atom stereocenters. The maximum absolute atomic E-state index is 11.0. The van der Waals surface area contributed by atoms with Crippen LogP contribution in [0, 0.1) is 5.41 Å². The molecule has 0 rings (SSSR count). The summed E-state index contributed by atoms with van der Waals surface area (Å²) in [5.74, 6) is 0. The normalized spacial score (nSPS) is 15.7. The van der Waals surface area contributed by atoms with Crippen molar-refractivity contribution >= 4 is 21.4 Å². The van der Waals surface area contributed by atoms with Crippen molar-refractivity contribution in [2.75, 3.05) is 0 Å². The van der Waals surface area contributed by atoms with E-state index in [0.29, 0.717) is 25.3 Å². The first-order valence-electron chi connectivity index (χ1n) is 5.23. The molecule has 0 aliphatic rings. The predicted octanol–water partition coefficient (Wildman–Crippen LogP) is -0.309. The van der Waals surface area contributed by atoms with Gasteiger partial charge in [-0.3, -0.25) is 9.13 Å². The molecule has 0 heterocycles. The van der Waals surface area contributed by atoms with Crippen molar-refractivity contribution in [2.45, 2.75) is 30.4 Å². The molecule has 0 aromatic carbocycles. The summed E-state index contributed by atoms with van der Waals surface area (Å²) in [6, 6.07) is -0.746. The van der Waals surface area contributed by atoms with Gasteiger partial charge in [0.1, 0.15) is 0 Å². The van der Waals surface area contributed by atoms with Crippen LogP contribution in [0.2, 0.25) is 0 Å². The molecule has 8 N–H and O–H groups in total. The molecule has 0 aliphatic carbocycles. The van der Waals surface area contributed by atoms with Crippen molar-refractivity contribution in [3.05, 3.63) is 12.2 Å². The van der Waals surface area contributed by atoms with Crippen LogP contribution in [0.1, 0.15) is 19.3 Å². The highest BCUT2D eigenvalue weighted by atomic mass is 31.2. The minimum Gasteiger partial charge on any atom is -0.364 e. The van der Waals surface area contributed by atoms with Crippen LogP contribution >= 0.6 is 15.2 Å². The van der Waals surface area contributed by atoms with Crippen molar-refractivity contribution in [1.82, 2.24) is 0 Å². The largest absolute Gasteiger partial charge is 0.373 e. The molecule has 9 nitrogen and oxygen atoms in total. The van der Waals surface area contributed by atoms with Crippen LogP contribution in [0.4, 0.5) is 0 Å². The third-order valence-corrected chi connectivity index (χ3v) is 5.89. The summed E-state index contributed by atoms with van der Waals surface area (Å²) in [5, 5.41) is 12.7. The van der Waals surface area contributed by atoms with Gasteiger partial charge in [-0.1, -0.05) is 6.08 Å². The molecule has 0 saturated carbocycles. The Morgan fingerprint density at radius 3 is 2.05 bits per heavy atom. The summed E-state index contributed by atoms with van der Waals surface area (Å²) in [6.45, 7) is 0. The van der Waals surface area contributed by atoms with Gasteiger partial charge in [-0.25, -0.2) is 0 Å². The molecule has 0 aliphatic heterocycles. The number of nitrogens with one attached hydrogen (secondary N) is 1. The number of rotatable bonds is 8. The Bertz CT molecular complexity index is 405. The Morgan fingerprint density at radius 1 is 1.21 bits per heavy atom. The Kier molecular flexibility index (Phi) is 6.74. The number of nitrogens with two attached hydrogens (primary N) is 1. The van der Waals surface area contributed by atoms with Gasteiger partial charge in [0.2, 0.25) is 0 Å². The Hall–Kier alpha value is -0.370. The van der Waals surface area contributed by atoms with Gasteiger partial charge in [0.15, 0.2) is 0 Å². The average molecular weight is 316 g/mol. The predicted molar refractivity (Wildman–Crippen MR) is 68.8 cm³/mol. The molecule has 0 aromatic rings. The van der Waals surface area contributed by atoms with E-state index in [1.807, 2.05) is 0 Å². The van der Waals surface area contributed by atoms with Crippen molar-refractivity contribution in [2.24, 2.45) is 5.73 Å². The minimum absolute atomic E-state index is 0.338. The van der Waals surface area contributed by atoms with Crippen LogP contribution in [0.15, 0.2) is 12.2 Å². The van der Waals surface area contributed by atoms with E-state index in [-0.39, 0.29) is 0 Å². The second-order valence-electron chi connectivity index (χ2n) is 3.93. The third kappa shape index (κ3) is 5.25. The van der Waals surface area contributed by atoms with Crippen LogP contribution in [0.3, 0.4) is 0 Å². The SMILES string of the molecule is N=CCCCC(N)C=CC(O)(P(=O)(O)O)P(=O)(O)O. The first-order chi connectivity index (χ1) is 8.45. The molecule has 0 bridgehead atoms. The lowest BCUT2D eigenvalue weighted by Crippen LogP contribution is -2.27. The fraction of sp³-hybridized carbons (Fsp3) is 0.625. The highest BCUT2D eigenvalue weighted by Gasteiger charge is 2.57. The monoisotopic (exact) mass is 316 g/mol. The van der Waals surface area contributed by atoms with E-state index in [0.717, 1.165) is 12.3 Å². The zero-order valence-electron chi connectivity index (χ0n) is 9.96. The van der Waals surface area contributed by atoms with Gasteiger partial charge in [0.05, 0.1) is 0 Å². The minimum atomic E-state index is -5.48. The van der Waals surface area contributed by atoms with E-state index in [9.17, 15) is 14.2 Å². The highest BCUT2D eigenvalue weighted by Crippen LogP contribution is 2.68. The molecule has 0 fully saturated rings. The van der Waals surface area contributed by atoms with Gasteiger partial charge in [0.25, 0.3) is 5.08 Å². The third-order valence-electron chi connectivity index (χ3n) is 2.31. The van der Waals surface area contributed by atoms with E-state index in [4.69, 9.17) is 30.7 Å². The summed E-state index contributed by atoms with van der Waals surface area (Å²) in [7, 11) is -11.0. The number of hydrogen-bond acceptors (Lipinski definition) is 5. The maximum atomic E-state index is 11.0. The Balaban J connectivity index is 5.01. The standard InChI is InChI=1S/C8H18N2O7P2/c9-6-2-1-3-7(10)4-5-8(11,18(12,13)14)19(15,16)17/h4-7,9,11H,1-3,10H2,(H2,12,13,14)(H2,15,16,17). The van der Waals surface area contributed by atoms with Crippen molar-refractivity contribution in [1.29, 1.82) is 5.41 Å². The first kappa shape index (κ1) is 18.6. The lowest BCUT2D eigenvalue weighted by atomic mass is 10.1. The molecular weight excluding hydrogens is 298 g/mol. The van der Waals surface area contributed by atoms with Crippen LogP contribution < -0.4 is 5.73 Å². The van der Waals surface area contributed by atoms with Crippen LogP contribution in [-0.4, -0.2) is 42.0 Å². The second-order valence-corrected chi connectivity index (χ2v) is 7.83. The summed E-state index contributed by atoms with van der Waals surface area (Å²) >= 11 is 0. The molecule has 1 atom stereocenters. The molecule has 0 saturated heterocycles. The van der Waals surface area contributed by atoms with Gasteiger partial charge in [0, 0.05) is 6.04 Å². The van der Waals surface area contributed by atoms with Crippen molar-refractivity contribution < 1.29 is 33.8 Å². The summed E-state index contributed by atoms with van der Waals surface area (Å²) < 4.78 is 22.0. The molecule has 0 radical (unpaired) electrons. The van der Waals surface area contributed by atoms with Crippen molar-refractivity contribution in [3.63, 3.8) is 0 Å². The molecule has 0 spiro atoms. The van der Waals surface area contributed by atoms with Gasteiger partial charge < -0.3 is 35.8 Å². The smallest absolute Gasteiger partial charge is 0.364 e. The van der Waals surface area contributed by atoms with E-state index in [2.05, 4.69) is 0 Å². The molecule has 0 aromatic heterocycles. The zero-order chi connectivity index (χ0) is 15.3. The lowest BCUT2D eigenvalue weighted by molar-refractivity contribution is 0.167. The molecular formula is C8H18N2O7P2. The van der Waals surface area contributed by atoms with Gasteiger partial charge in [-0.15, -0.1) is 0 Å². The highest BCUT2D eigenvalue weighted by molar-refractivity contribution is 7.72. The maximum Gasteiger partial charge on any atom is 0.373 e.